The quantitative estimate of drug-likeness (QED) is 0.540. The van der Waals surface area contributed by atoms with E-state index in [1.807, 2.05) is 6.92 Å². The highest BCUT2D eigenvalue weighted by Gasteiger charge is 2.23. The van der Waals surface area contributed by atoms with Crippen molar-refractivity contribution in [1.29, 1.82) is 0 Å². The minimum Gasteiger partial charge on any atom is -0.459 e. The van der Waals surface area contributed by atoms with Crippen LogP contribution in [0.15, 0.2) is 21.5 Å². The van der Waals surface area contributed by atoms with Gasteiger partial charge in [-0.25, -0.2) is 13.2 Å². The Morgan fingerprint density at radius 3 is 2.55 bits per heavy atom. The standard InChI is InChI=1S/C12H13BrCl2O4S/c1-3-4-7(2)19-12(16)9-5-8(13)6-10(11(9)14)20(15,17)18/h5-7H,3-4H2,1-2H3. The Bertz CT molecular complexity index is 616. The lowest BCUT2D eigenvalue weighted by Gasteiger charge is -2.14. The Balaban J connectivity index is 3.19. The van der Waals surface area contributed by atoms with Crippen molar-refractivity contribution in [2.24, 2.45) is 0 Å². The summed E-state index contributed by atoms with van der Waals surface area (Å²) in [5, 5.41) is -0.239. The number of carbonyl (C=O) groups excluding carboxylic acids is 1. The van der Waals surface area contributed by atoms with E-state index in [-0.39, 0.29) is 21.6 Å². The summed E-state index contributed by atoms with van der Waals surface area (Å²) >= 11 is 9.05. The second kappa shape index (κ2) is 7.11. The molecule has 0 bridgehead atoms. The van der Waals surface area contributed by atoms with Gasteiger partial charge < -0.3 is 4.74 Å². The fraction of sp³-hybridized carbons (Fsp3) is 0.417. The van der Waals surface area contributed by atoms with Crippen molar-refractivity contribution in [3.8, 4) is 0 Å². The van der Waals surface area contributed by atoms with Crippen LogP contribution in [-0.4, -0.2) is 20.5 Å². The van der Waals surface area contributed by atoms with Gasteiger partial charge in [0, 0.05) is 15.2 Å². The van der Waals surface area contributed by atoms with Crippen molar-refractivity contribution < 1.29 is 17.9 Å². The van der Waals surface area contributed by atoms with Crippen molar-refractivity contribution in [1.82, 2.24) is 0 Å². The predicted molar refractivity (Wildman–Crippen MR) is 82.0 cm³/mol. The average Bonchev–Trinajstić information content (AvgIpc) is 2.30. The number of hydrogen-bond acceptors (Lipinski definition) is 4. The first-order chi connectivity index (χ1) is 9.16. The molecule has 1 aromatic rings. The monoisotopic (exact) mass is 402 g/mol. The van der Waals surface area contributed by atoms with Gasteiger partial charge in [-0.3, -0.25) is 0 Å². The van der Waals surface area contributed by atoms with E-state index < -0.39 is 15.0 Å². The van der Waals surface area contributed by atoms with Crippen LogP contribution in [0.2, 0.25) is 5.02 Å². The van der Waals surface area contributed by atoms with Gasteiger partial charge in [0.05, 0.1) is 16.7 Å². The zero-order valence-corrected chi connectivity index (χ0v) is 14.7. The van der Waals surface area contributed by atoms with Gasteiger partial charge in [-0.05, 0) is 25.5 Å². The van der Waals surface area contributed by atoms with Crippen LogP contribution in [0.5, 0.6) is 0 Å². The van der Waals surface area contributed by atoms with Crippen molar-refractivity contribution >= 4 is 53.2 Å². The smallest absolute Gasteiger partial charge is 0.339 e. The van der Waals surface area contributed by atoms with Crippen LogP contribution < -0.4 is 0 Å². The molecule has 0 aliphatic carbocycles. The number of benzene rings is 1. The van der Waals surface area contributed by atoms with Crippen LogP contribution in [0.1, 0.15) is 37.0 Å². The van der Waals surface area contributed by atoms with E-state index in [1.54, 1.807) is 6.92 Å². The largest absolute Gasteiger partial charge is 0.459 e. The molecule has 0 amide bonds. The Morgan fingerprint density at radius 1 is 1.45 bits per heavy atom. The van der Waals surface area contributed by atoms with Gasteiger partial charge in [0.2, 0.25) is 0 Å². The molecule has 1 atom stereocenters. The Labute approximate surface area is 135 Å². The molecule has 0 aromatic heterocycles. The second-order valence-electron chi connectivity index (χ2n) is 4.21. The first-order valence-corrected chi connectivity index (χ1v) is 9.29. The molecule has 0 heterocycles. The summed E-state index contributed by atoms with van der Waals surface area (Å²) in [5.41, 5.74) is -0.0387. The fourth-order valence-electron chi connectivity index (χ4n) is 1.60. The third-order valence-corrected chi connectivity index (χ3v) is 4.81. The van der Waals surface area contributed by atoms with Crippen LogP contribution in [0, 0.1) is 0 Å². The highest BCUT2D eigenvalue weighted by molar-refractivity contribution is 9.10. The van der Waals surface area contributed by atoms with Gasteiger partial charge in [-0.15, -0.1) is 0 Å². The summed E-state index contributed by atoms with van der Waals surface area (Å²) in [6, 6.07) is 2.63. The maximum absolute atomic E-state index is 12.0. The topological polar surface area (TPSA) is 60.4 Å². The number of esters is 1. The van der Waals surface area contributed by atoms with Crippen LogP contribution in [0.3, 0.4) is 0 Å². The maximum atomic E-state index is 12.0. The third kappa shape index (κ3) is 4.62. The third-order valence-electron chi connectivity index (χ3n) is 2.49. The molecule has 0 aliphatic rings. The van der Waals surface area contributed by atoms with E-state index in [1.165, 1.54) is 12.1 Å². The van der Waals surface area contributed by atoms with Crippen molar-refractivity contribution in [2.75, 3.05) is 0 Å². The van der Waals surface area contributed by atoms with E-state index in [4.69, 9.17) is 27.0 Å². The van der Waals surface area contributed by atoms with Gasteiger partial charge in [-0.2, -0.15) is 0 Å². The minimum atomic E-state index is -4.05. The molecule has 0 saturated carbocycles. The van der Waals surface area contributed by atoms with Crippen molar-refractivity contribution in [3.63, 3.8) is 0 Å². The molecule has 1 rings (SSSR count). The van der Waals surface area contributed by atoms with Gasteiger partial charge in [0.15, 0.2) is 0 Å². The van der Waals surface area contributed by atoms with Gasteiger partial charge in [0.25, 0.3) is 9.05 Å². The number of hydrogen-bond donors (Lipinski definition) is 0. The summed E-state index contributed by atoms with van der Waals surface area (Å²) in [6.45, 7) is 3.72. The summed E-state index contributed by atoms with van der Waals surface area (Å²) in [5.74, 6) is -0.682. The van der Waals surface area contributed by atoms with Crippen LogP contribution in [-0.2, 0) is 13.8 Å². The number of halogens is 3. The van der Waals surface area contributed by atoms with E-state index in [9.17, 15) is 13.2 Å². The molecule has 0 radical (unpaired) electrons. The predicted octanol–water partition coefficient (Wildman–Crippen LogP) is 4.38. The number of ether oxygens (including phenoxy) is 1. The highest BCUT2D eigenvalue weighted by atomic mass is 79.9. The average molecular weight is 404 g/mol. The Morgan fingerprint density at radius 2 is 2.05 bits per heavy atom. The van der Waals surface area contributed by atoms with E-state index >= 15 is 0 Å². The van der Waals surface area contributed by atoms with Crippen LogP contribution in [0.4, 0.5) is 0 Å². The Hall–Kier alpha value is -0.300. The molecule has 0 aliphatic heterocycles. The van der Waals surface area contributed by atoms with Crippen LogP contribution in [0.25, 0.3) is 0 Å². The SMILES string of the molecule is CCCC(C)OC(=O)c1cc(Br)cc(S(=O)(=O)Cl)c1Cl. The summed E-state index contributed by atoms with van der Waals surface area (Å²) in [7, 11) is 1.23. The van der Waals surface area contributed by atoms with Gasteiger partial charge in [0.1, 0.15) is 4.90 Å². The lowest BCUT2D eigenvalue weighted by molar-refractivity contribution is 0.0323. The molecule has 0 saturated heterocycles. The molecule has 0 fully saturated rings. The molecule has 20 heavy (non-hydrogen) atoms. The lowest BCUT2D eigenvalue weighted by Crippen LogP contribution is -2.15. The van der Waals surface area contributed by atoms with E-state index in [0.29, 0.717) is 10.9 Å². The van der Waals surface area contributed by atoms with Crippen molar-refractivity contribution in [3.05, 3.63) is 27.2 Å². The summed E-state index contributed by atoms with van der Waals surface area (Å²) in [6.07, 6.45) is 1.29. The number of rotatable bonds is 5. The zero-order chi connectivity index (χ0) is 15.5. The molecule has 4 nitrogen and oxygen atoms in total. The van der Waals surface area contributed by atoms with Crippen LogP contribution >= 0.6 is 38.2 Å². The molecule has 1 aromatic carbocycles. The van der Waals surface area contributed by atoms with E-state index in [0.717, 1.165) is 6.42 Å². The zero-order valence-electron chi connectivity index (χ0n) is 10.8. The lowest BCUT2D eigenvalue weighted by atomic mass is 10.2. The normalized spacial score (nSPS) is 13.1. The molecule has 1 unspecified atom stereocenters. The second-order valence-corrected chi connectivity index (χ2v) is 8.04. The molecule has 0 spiro atoms. The molecule has 112 valence electrons. The Kier molecular flexibility index (Phi) is 6.31. The molecular weight excluding hydrogens is 391 g/mol. The van der Waals surface area contributed by atoms with Crippen molar-refractivity contribution in [2.45, 2.75) is 37.7 Å². The first-order valence-electron chi connectivity index (χ1n) is 5.81. The molecule has 0 N–H and O–H groups in total. The minimum absolute atomic E-state index is 0.0387. The maximum Gasteiger partial charge on any atom is 0.339 e. The van der Waals surface area contributed by atoms with Gasteiger partial charge >= 0.3 is 5.97 Å². The summed E-state index contributed by atoms with van der Waals surface area (Å²) < 4.78 is 28.4. The van der Waals surface area contributed by atoms with E-state index in [2.05, 4.69) is 15.9 Å². The summed E-state index contributed by atoms with van der Waals surface area (Å²) in [4.78, 5) is 11.7. The molecular formula is C12H13BrCl2O4S. The van der Waals surface area contributed by atoms with Gasteiger partial charge in [-0.1, -0.05) is 40.9 Å². The first kappa shape index (κ1) is 17.8. The molecule has 8 heteroatoms. The fourth-order valence-corrected chi connectivity index (χ4v) is 3.78. The highest BCUT2D eigenvalue weighted by Crippen LogP contribution is 2.32. The number of carbonyl (C=O) groups is 1.